The number of hydrogen-bond acceptors (Lipinski definition) is 5. The fraction of sp³-hybridized carbons (Fsp3) is 0.0909. The summed E-state index contributed by atoms with van der Waals surface area (Å²) in [7, 11) is 0. The topological polar surface area (TPSA) is 82.5 Å². The second-order valence-electron chi connectivity index (χ2n) is 3.72. The van der Waals surface area contributed by atoms with Gasteiger partial charge < -0.3 is 5.73 Å². The Hall–Kier alpha value is -2.50. The van der Waals surface area contributed by atoms with E-state index in [0.29, 0.717) is 5.82 Å². The summed E-state index contributed by atoms with van der Waals surface area (Å²) in [6.45, 7) is 1.86. The zero-order valence-electron chi connectivity index (χ0n) is 9.20. The molecule has 84 valence electrons. The summed E-state index contributed by atoms with van der Waals surface area (Å²) in [5.74, 6) is 0.864. The number of rotatable bonds is 1. The van der Waals surface area contributed by atoms with E-state index in [1.807, 2.05) is 37.3 Å². The zero-order valence-corrected chi connectivity index (χ0v) is 9.20. The third-order valence-electron chi connectivity index (χ3n) is 2.43. The molecule has 3 rings (SSSR count). The predicted octanol–water partition coefficient (Wildman–Crippen LogP) is 1.10. The summed E-state index contributed by atoms with van der Waals surface area (Å²) in [6, 6.07) is 9.50. The van der Waals surface area contributed by atoms with Crippen molar-refractivity contribution in [3.63, 3.8) is 0 Å². The van der Waals surface area contributed by atoms with Gasteiger partial charge in [0, 0.05) is 11.8 Å². The van der Waals surface area contributed by atoms with Gasteiger partial charge in [0.15, 0.2) is 5.82 Å². The number of nitrogens with two attached hydrogens (primary N) is 1. The van der Waals surface area contributed by atoms with Gasteiger partial charge in [-0.3, -0.25) is 0 Å². The van der Waals surface area contributed by atoms with Crippen LogP contribution in [-0.2, 0) is 0 Å². The molecule has 0 saturated carbocycles. The van der Waals surface area contributed by atoms with E-state index in [0.717, 1.165) is 16.7 Å². The average Bonchev–Trinajstić information content (AvgIpc) is 2.71. The minimum Gasteiger partial charge on any atom is -0.368 e. The van der Waals surface area contributed by atoms with Gasteiger partial charge in [-0.15, -0.1) is 5.10 Å². The number of benzene rings is 1. The monoisotopic (exact) mass is 226 g/mol. The van der Waals surface area contributed by atoms with E-state index < -0.39 is 0 Å². The lowest BCUT2D eigenvalue weighted by molar-refractivity contribution is 0.796. The molecule has 0 aliphatic carbocycles. The summed E-state index contributed by atoms with van der Waals surface area (Å²) in [5, 5.41) is 8.13. The second kappa shape index (κ2) is 3.51. The highest BCUT2D eigenvalue weighted by atomic mass is 15.4. The quantitative estimate of drug-likeness (QED) is 0.671. The number of fused-ring (bicyclic) bond motifs is 1. The van der Waals surface area contributed by atoms with Crippen LogP contribution in [-0.4, -0.2) is 25.0 Å². The minimum atomic E-state index is 0.236. The first-order valence-corrected chi connectivity index (χ1v) is 5.16. The number of hydrogen-bond donors (Lipinski definition) is 1. The first-order chi connectivity index (χ1) is 8.24. The molecule has 0 aliphatic rings. The molecule has 6 nitrogen and oxygen atoms in total. The van der Waals surface area contributed by atoms with Crippen LogP contribution in [0.3, 0.4) is 0 Å². The summed E-state index contributed by atoms with van der Waals surface area (Å²) in [6.07, 6.45) is 0. The summed E-state index contributed by atoms with van der Waals surface area (Å²) < 4.78 is 1.65. The van der Waals surface area contributed by atoms with Crippen LogP contribution in [0, 0.1) is 6.92 Å². The fourth-order valence-electron chi connectivity index (χ4n) is 1.72. The van der Waals surface area contributed by atoms with E-state index in [-0.39, 0.29) is 5.95 Å². The maximum absolute atomic E-state index is 5.63. The van der Waals surface area contributed by atoms with Gasteiger partial charge in [-0.2, -0.15) is 9.67 Å². The molecule has 0 atom stereocenters. The van der Waals surface area contributed by atoms with Crippen molar-refractivity contribution < 1.29 is 0 Å². The zero-order chi connectivity index (χ0) is 11.8. The highest BCUT2D eigenvalue weighted by molar-refractivity contribution is 5.75. The Morgan fingerprint density at radius 3 is 2.82 bits per heavy atom. The Morgan fingerprint density at radius 1 is 1.18 bits per heavy atom. The Bertz CT molecular complexity index is 667. The van der Waals surface area contributed by atoms with Crippen molar-refractivity contribution in [2.75, 3.05) is 5.73 Å². The van der Waals surface area contributed by atoms with Crippen LogP contribution < -0.4 is 5.73 Å². The predicted molar refractivity (Wildman–Crippen MR) is 63.6 cm³/mol. The first kappa shape index (κ1) is 9.71. The molecule has 3 aromatic rings. The molecule has 0 radical (unpaired) electrons. The molecule has 17 heavy (non-hydrogen) atoms. The molecule has 0 saturated heterocycles. The lowest BCUT2D eigenvalue weighted by Crippen LogP contribution is -2.05. The van der Waals surface area contributed by atoms with E-state index >= 15 is 0 Å². The van der Waals surface area contributed by atoms with Crippen LogP contribution in [0.15, 0.2) is 30.3 Å². The van der Waals surface area contributed by atoms with Crippen molar-refractivity contribution in [1.82, 2.24) is 25.0 Å². The van der Waals surface area contributed by atoms with Gasteiger partial charge in [0.05, 0.1) is 5.52 Å². The molecule has 0 fully saturated rings. The Kier molecular flexibility index (Phi) is 2.01. The third kappa shape index (κ3) is 1.59. The number of aryl methyl sites for hydroxylation is 1. The van der Waals surface area contributed by atoms with Gasteiger partial charge in [-0.25, -0.2) is 4.98 Å². The van der Waals surface area contributed by atoms with Crippen LogP contribution >= 0.6 is 0 Å². The van der Waals surface area contributed by atoms with Crippen LogP contribution in [0.2, 0.25) is 0 Å². The number of aromatic nitrogens is 5. The molecule has 2 aromatic heterocycles. The van der Waals surface area contributed by atoms with Crippen molar-refractivity contribution in [2.45, 2.75) is 6.92 Å². The van der Waals surface area contributed by atoms with Crippen LogP contribution in [0.4, 0.5) is 5.95 Å². The highest BCUT2D eigenvalue weighted by Gasteiger charge is 2.08. The van der Waals surface area contributed by atoms with Gasteiger partial charge in [0.25, 0.3) is 0 Å². The van der Waals surface area contributed by atoms with Crippen molar-refractivity contribution in [3.8, 4) is 5.82 Å². The second-order valence-corrected chi connectivity index (χ2v) is 3.72. The first-order valence-electron chi connectivity index (χ1n) is 5.16. The summed E-state index contributed by atoms with van der Waals surface area (Å²) in [4.78, 5) is 8.18. The SMILES string of the molecule is Cc1cc(-n2nnc3ccccc32)nc(N)n1. The van der Waals surface area contributed by atoms with Gasteiger partial charge in [-0.1, -0.05) is 17.3 Å². The van der Waals surface area contributed by atoms with E-state index in [9.17, 15) is 0 Å². The lowest BCUT2D eigenvalue weighted by atomic mass is 10.3. The van der Waals surface area contributed by atoms with E-state index in [1.54, 1.807) is 4.68 Å². The van der Waals surface area contributed by atoms with Crippen LogP contribution in [0.25, 0.3) is 16.9 Å². The van der Waals surface area contributed by atoms with Crippen molar-refractivity contribution >= 4 is 17.0 Å². The van der Waals surface area contributed by atoms with Crippen molar-refractivity contribution in [3.05, 3.63) is 36.0 Å². The van der Waals surface area contributed by atoms with Gasteiger partial charge in [0.2, 0.25) is 5.95 Å². The summed E-state index contributed by atoms with van der Waals surface area (Å²) in [5.41, 5.74) is 8.14. The third-order valence-corrected chi connectivity index (χ3v) is 2.43. The van der Waals surface area contributed by atoms with E-state index in [4.69, 9.17) is 5.73 Å². The molecule has 0 amide bonds. The van der Waals surface area contributed by atoms with Crippen molar-refractivity contribution in [2.24, 2.45) is 0 Å². The van der Waals surface area contributed by atoms with Gasteiger partial charge in [-0.05, 0) is 19.1 Å². The largest absolute Gasteiger partial charge is 0.368 e. The molecule has 1 aromatic carbocycles. The van der Waals surface area contributed by atoms with Crippen molar-refractivity contribution in [1.29, 1.82) is 0 Å². The Balaban J connectivity index is 2.27. The van der Waals surface area contributed by atoms with Crippen LogP contribution in [0.5, 0.6) is 0 Å². The smallest absolute Gasteiger partial charge is 0.222 e. The molecule has 0 spiro atoms. The highest BCUT2D eigenvalue weighted by Crippen LogP contribution is 2.15. The fourth-order valence-corrected chi connectivity index (χ4v) is 1.72. The number of nitrogens with zero attached hydrogens (tertiary/aromatic N) is 5. The standard InChI is InChI=1S/C11H10N6/c1-7-6-10(14-11(12)13-7)17-9-5-3-2-4-8(9)15-16-17/h2-6H,1H3,(H2,12,13,14). The minimum absolute atomic E-state index is 0.236. The van der Waals surface area contributed by atoms with E-state index in [1.165, 1.54) is 0 Å². The molecule has 2 heterocycles. The molecular weight excluding hydrogens is 216 g/mol. The number of anilines is 1. The molecular formula is C11H10N6. The molecule has 6 heteroatoms. The molecule has 0 aliphatic heterocycles. The van der Waals surface area contributed by atoms with Crippen LogP contribution in [0.1, 0.15) is 5.69 Å². The van der Waals surface area contributed by atoms with E-state index in [2.05, 4.69) is 20.3 Å². The number of para-hydroxylation sites is 1. The Labute approximate surface area is 97.1 Å². The summed E-state index contributed by atoms with van der Waals surface area (Å²) >= 11 is 0. The number of nitrogen functional groups attached to an aromatic ring is 1. The normalized spacial score (nSPS) is 10.9. The Morgan fingerprint density at radius 2 is 2.00 bits per heavy atom. The maximum atomic E-state index is 5.63. The van der Waals surface area contributed by atoms with Gasteiger partial charge >= 0.3 is 0 Å². The molecule has 0 unspecified atom stereocenters. The molecule has 2 N–H and O–H groups in total. The lowest BCUT2D eigenvalue weighted by Gasteiger charge is -2.03. The van der Waals surface area contributed by atoms with Gasteiger partial charge in [0.1, 0.15) is 5.52 Å². The molecule has 0 bridgehead atoms. The maximum Gasteiger partial charge on any atom is 0.222 e. The average molecular weight is 226 g/mol.